The Morgan fingerprint density at radius 1 is 0.806 bits per heavy atom. The predicted octanol–water partition coefficient (Wildman–Crippen LogP) is 4.23. The molecule has 0 spiro atoms. The molecule has 0 saturated heterocycles. The predicted molar refractivity (Wildman–Crippen MR) is 115 cm³/mol. The lowest BCUT2D eigenvalue weighted by Gasteiger charge is -2.08. The summed E-state index contributed by atoms with van der Waals surface area (Å²) in [5, 5.41) is 4.17. The Morgan fingerprint density at radius 2 is 1.52 bits per heavy atom. The summed E-state index contributed by atoms with van der Waals surface area (Å²) >= 11 is 0. The Hall–Kier alpha value is -4.19. The quantitative estimate of drug-likeness (QED) is 0.320. The van der Waals surface area contributed by atoms with Gasteiger partial charge in [-0.1, -0.05) is 42.5 Å². The van der Waals surface area contributed by atoms with E-state index in [4.69, 9.17) is 9.47 Å². The largest absolute Gasteiger partial charge is 0.482 e. The molecule has 0 radical (unpaired) electrons. The summed E-state index contributed by atoms with van der Waals surface area (Å²) in [6.45, 7) is -0.0521. The monoisotopic (exact) mass is 412 g/mol. The zero-order valence-electron chi connectivity index (χ0n) is 16.7. The zero-order chi connectivity index (χ0) is 21.5. The van der Waals surface area contributed by atoms with Crippen molar-refractivity contribution in [1.29, 1.82) is 0 Å². The summed E-state index contributed by atoms with van der Waals surface area (Å²) in [4.78, 5) is 24.4. The van der Waals surface area contributed by atoms with Gasteiger partial charge in [-0.05, 0) is 48.0 Å². The number of rotatable bonds is 8. The maximum absolute atomic E-state index is 12.4. The number of hydrogen-bond acceptors (Lipinski definition) is 5. The molecule has 0 aliphatic rings. The van der Waals surface area contributed by atoms with Crippen LogP contribution in [0.25, 0.3) is 5.69 Å². The van der Waals surface area contributed by atoms with Crippen LogP contribution in [0.5, 0.6) is 5.75 Å². The Kier molecular flexibility index (Phi) is 6.18. The molecule has 0 atom stereocenters. The van der Waals surface area contributed by atoms with Gasteiger partial charge in [-0.25, -0.2) is 9.48 Å². The van der Waals surface area contributed by atoms with E-state index in [9.17, 15) is 9.59 Å². The van der Waals surface area contributed by atoms with Gasteiger partial charge >= 0.3 is 5.97 Å². The molecule has 31 heavy (non-hydrogen) atoms. The first-order chi connectivity index (χ1) is 15.2. The van der Waals surface area contributed by atoms with Crippen LogP contribution in [0.4, 0.5) is 0 Å². The van der Waals surface area contributed by atoms with Gasteiger partial charge in [-0.2, -0.15) is 5.10 Å². The summed E-state index contributed by atoms with van der Waals surface area (Å²) in [5.41, 5.74) is 2.97. The third kappa shape index (κ3) is 5.25. The van der Waals surface area contributed by atoms with E-state index >= 15 is 0 Å². The number of ketones is 1. The molecule has 0 aliphatic carbocycles. The number of carbonyl (C=O) groups excluding carboxylic acids is 2. The highest BCUT2D eigenvalue weighted by atomic mass is 16.6. The van der Waals surface area contributed by atoms with E-state index < -0.39 is 5.97 Å². The lowest BCUT2D eigenvalue weighted by molar-refractivity contribution is -0.147. The Morgan fingerprint density at radius 3 is 2.19 bits per heavy atom. The fraction of sp³-hybridized carbons (Fsp3) is 0.0800. The standard InChI is InChI=1S/C25H20N2O4/c28-24(31-17-19-7-11-22(12-8-19)27-16-4-15-26-27)18-30-23-13-9-21(10-14-23)25(29)20-5-2-1-3-6-20/h1-16H,17-18H2. The molecule has 0 bridgehead atoms. The van der Waals surface area contributed by atoms with Gasteiger partial charge < -0.3 is 9.47 Å². The number of carbonyl (C=O) groups is 2. The van der Waals surface area contributed by atoms with E-state index in [0.29, 0.717) is 16.9 Å². The van der Waals surface area contributed by atoms with Gasteiger partial charge in [0.25, 0.3) is 0 Å². The summed E-state index contributed by atoms with van der Waals surface area (Å²) in [7, 11) is 0. The minimum absolute atomic E-state index is 0.0647. The molecular weight excluding hydrogens is 392 g/mol. The second-order valence-corrected chi connectivity index (χ2v) is 6.79. The maximum atomic E-state index is 12.4. The first kappa shape index (κ1) is 20.1. The molecule has 6 heteroatoms. The van der Waals surface area contributed by atoms with E-state index in [0.717, 1.165) is 11.3 Å². The van der Waals surface area contributed by atoms with Crippen molar-refractivity contribution >= 4 is 11.8 Å². The fourth-order valence-corrected chi connectivity index (χ4v) is 2.97. The number of aromatic nitrogens is 2. The van der Waals surface area contributed by atoms with Crippen molar-refractivity contribution in [2.45, 2.75) is 6.61 Å². The normalized spacial score (nSPS) is 10.5. The topological polar surface area (TPSA) is 70.4 Å². The molecule has 6 nitrogen and oxygen atoms in total. The van der Waals surface area contributed by atoms with Gasteiger partial charge in [0.1, 0.15) is 12.4 Å². The molecule has 1 aromatic heterocycles. The fourth-order valence-electron chi connectivity index (χ4n) is 2.97. The molecule has 1 heterocycles. The number of nitrogens with zero attached hydrogens (tertiary/aromatic N) is 2. The first-order valence-corrected chi connectivity index (χ1v) is 9.76. The van der Waals surface area contributed by atoms with Crippen LogP contribution in [0, 0.1) is 0 Å². The lowest BCUT2D eigenvalue weighted by atomic mass is 10.0. The third-order valence-electron chi connectivity index (χ3n) is 4.61. The van der Waals surface area contributed by atoms with E-state index in [1.54, 1.807) is 47.3 Å². The van der Waals surface area contributed by atoms with E-state index in [1.807, 2.05) is 54.7 Å². The average molecular weight is 412 g/mol. The molecule has 0 amide bonds. The van der Waals surface area contributed by atoms with Crippen molar-refractivity contribution in [2.24, 2.45) is 0 Å². The molecule has 0 unspecified atom stereocenters. The molecule has 3 aromatic carbocycles. The lowest BCUT2D eigenvalue weighted by Crippen LogP contribution is -2.14. The molecular formula is C25H20N2O4. The van der Waals surface area contributed by atoms with Crippen molar-refractivity contribution in [1.82, 2.24) is 9.78 Å². The van der Waals surface area contributed by atoms with Gasteiger partial charge in [0, 0.05) is 23.5 Å². The van der Waals surface area contributed by atoms with Crippen molar-refractivity contribution < 1.29 is 19.1 Å². The minimum Gasteiger partial charge on any atom is -0.482 e. The van der Waals surface area contributed by atoms with Crippen molar-refractivity contribution in [3.05, 3.63) is 114 Å². The van der Waals surface area contributed by atoms with Gasteiger partial charge in [0.2, 0.25) is 0 Å². The first-order valence-electron chi connectivity index (χ1n) is 9.76. The van der Waals surface area contributed by atoms with Gasteiger partial charge in [-0.15, -0.1) is 0 Å². The van der Waals surface area contributed by atoms with E-state index in [-0.39, 0.29) is 19.0 Å². The Labute approximate surface area is 179 Å². The van der Waals surface area contributed by atoms with Crippen LogP contribution in [0.15, 0.2) is 97.3 Å². The Bertz CT molecular complexity index is 1140. The molecule has 4 rings (SSSR count). The van der Waals surface area contributed by atoms with Crippen LogP contribution >= 0.6 is 0 Å². The van der Waals surface area contributed by atoms with Gasteiger partial charge in [0.15, 0.2) is 12.4 Å². The maximum Gasteiger partial charge on any atom is 0.344 e. The van der Waals surface area contributed by atoms with Crippen molar-refractivity contribution in [2.75, 3.05) is 6.61 Å². The van der Waals surface area contributed by atoms with Gasteiger partial charge in [0.05, 0.1) is 5.69 Å². The highest BCUT2D eigenvalue weighted by Gasteiger charge is 2.10. The van der Waals surface area contributed by atoms with Crippen LogP contribution in [-0.4, -0.2) is 28.1 Å². The molecule has 0 saturated carbocycles. The minimum atomic E-state index is -0.472. The Balaban J connectivity index is 1.25. The molecule has 0 fully saturated rings. The summed E-state index contributed by atoms with van der Waals surface area (Å²) in [6.07, 6.45) is 3.57. The highest BCUT2D eigenvalue weighted by Crippen LogP contribution is 2.16. The van der Waals surface area contributed by atoms with Crippen molar-refractivity contribution in [3.63, 3.8) is 0 Å². The van der Waals surface area contributed by atoms with E-state index in [2.05, 4.69) is 5.10 Å². The number of benzene rings is 3. The van der Waals surface area contributed by atoms with Crippen LogP contribution < -0.4 is 4.74 Å². The summed E-state index contributed by atoms with van der Waals surface area (Å²) in [6, 6.07) is 25.2. The highest BCUT2D eigenvalue weighted by molar-refractivity contribution is 6.08. The van der Waals surface area contributed by atoms with Crippen LogP contribution in [0.2, 0.25) is 0 Å². The summed E-state index contributed by atoms with van der Waals surface area (Å²) < 4.78 is 12.5. The van der Waals surface area contributed by atoms with Gasteiger partial charge in [-0.3, -0.25) is 4.79 Å². The van der Waals surface area contributed by atoms with Crippen LogP contribution in [-0.2, 0) is 16.1 Å². The number of ether oxygens (including phenoxy) is 2. The van der Waals surface area contributed by atoms with Crippen LogP contribution in [0.3, 0.4) is 0 Å². The molecule has 0 aliphatic heterocycles. The number of hydrogen-bond donors (Lipinski definition) is 0. The third-order valence-corrected chi connectivity index (χ3v) is 4.61. The van der Waals surface area contributed by atoms with Crippen LogP contribution in [0.1, 0.15) is 21.5 Å². The smallest absolute Gasteiger partial charge is 0.344 e. The van der Waals surface area contributed by atoms with Crippen molar-refractivity contribution in [3.8, 4) is 11.4 Å². The van der Waals surface area contributed by atoms with E-state index in [1.165, 1.54) is 0 Å². The second-order valence-electron chi connectivity index (χ2n) is 6.79. The number of esters is 1. The molecule has 0 N–H and O–H groups in total. The SMILES string of the molecule is O=C(COc1ccc(C(=O)c2ccccc2)cc1)OCc1ccc(-n2cccn2)cc1. The molecule has 154 valence electrons. The average Bonchev–Trinajstić information content (AvgIpc) is 3.37. The summed E-state index contributed by atoms with van der Waals surface area (Å²) in [5.74, 6) is -0.0455. The molecule has 4 aromatic rings. The second kappa shape index (κ2) is 9.54. The zero-order valence-corrected chi connectivity index (χ0v) is 16.7.